The summed E-state index contributed by atoms with van der Waals surface area (Å²) in [6.45, 7) is 2.41. The lowest BCUT2D eigenvalue weighted by atomic mass is 10.1. The topological polar surface area (TPSA) is 103 Å². The van der Waals surface area contributed by atoms with Gasteiger partial charge in [0.15, 0.2) is 11.5 Å². The molecular formula is C14H15N7O2. The lowest BCUT2D eigenvalue weighted by Crippen LogP contribution is -2.31. The van der Waals surface area contributed by atoms with Gasteiger partial charge >= 0.3 is 0 Å². The minimum Gasteiger partial charge on any atom is -0.337 e. The van der Waals surface area contributed by atoms with Gasteiger partial charge in [0.1, 0.15) is 11.6 Å². The number of fused-ring (bicyclic) bond motifs is 1. The van der Waals surface area contributed by atoms with Crippen LogP contribution in [0.4, 0.5) is 0 Å². The Hall–Kier alpha value is -2.84. The lowest BCUT2D eigenvalue weighted by molar-refractivity contribution is 0.0712. The molecule has 0 N–H and O–H groups in total. The molecule has 1 saturated heterocycles. The van der Waals surface area contributed by atoms with Gasteiger partial charge in [-0.3, -0.25) is 4.79 Å². The minimum atomic E-state index is -0.191. The van der Waals surface area contributed by atoms with Crippen molar-refractivity contribution in [3.05, 3.63) is 29.5 Å². The number of hydrogen-bond acceptors (Lipinski definition) is 7. The molecule has 23 heavy (non-hydrogen) atoms. The number of carbonyl (C=O) groups is 1. The average Bonchev–Trinajstić information content (AvgIpc) is 3.26. The molecule has 9 heteroatoms. The molecule has 3 aromatic rings. The fourth-order valence-corrected chi connectivity index (χ4v) is 2.97. The third-order valence-electron chi connectivity index (χ3n) is 4.06. The van der Waals surface area contributed by atoms with E-state index in [-0.39, 0.29) is 11.9 Å². The van der Waals surface area contributed by atoms with Gasteiger partial charge < -0.3 is 9.42 Å². The van der Waals surface area contributed by atoms with E-state index in [1.807, 2.05) is 0 Å². The Morgan fingerprint density at radius 3 is 3.09 bits per heavy atom. The van der Waals surface area contributed by atoms with Crippen LogP contribution in [0.2, 0.25) is 0 Å². The predicted octanol–water partition coefficient (Wildman–Crippen LogP) is 1.03. The molecule has 0 bridgehead atoms. The Balaban J connectivity index is 1.72. The Kier molecular flexibility index (Phi) is 3.07. The highest BCUT2D eigenvalue weighted by atomic mass is 16.5. The summed E-state index contributed by atoms with van der Waals surface area (Å²) < 4.78 is 6.81. The van der Waals surface area contributed by atoms with E-state index < -0.39 is 0 Å². The van der Waals surface area contributed by atoms with Crippen molar-refractivity contribution in [2.24, 2.45) is 7.05 Å². The van der Waals surface area contributed by atoms with Gasteiger partial charge in [0.05, 0.1) is 5.56 Å². The maximum atomic E-state index is 13.0. The fourth-order valence-electron chi connectivity index (χ4n) is 2.97. The molecule has 4 heterocycles. The number of aryl methyl sites for hydroxylation is 2. The highest BCUT2D eigenvalue weighted by Gasteiger charge is 2.35. The first-order valence-corrected chi connectivity index (χ1v) is 7.40. The molecule has 118 valence electrons. The van der Waals surface area contributed by atoms with Crippen LogP contribution in [0, 0.1) is 6.92 Å². The third-order valence-corrected chi connectivity index (χ3v) is 4.06. The lowest BCUT2D eigenvalue weighted by Gasteiger charge is -2.21. The van der Waals surface area contributed by atoms with Crippen LogP contribution in [0.25, 0.3) is 11.2 Å². The minimum absolute atomic E-state index is 0.115. The Morgan fingerprint density at radius 2 is 2.30 bits per heavy atom. The normalized spacial score (nSPS) is 18.0. The second kappa shape index (κ2) is 5.11. The molecule has 0 aliphatic carbocycles. The molecule has 1 aliphatic heterocycles. The molecule has 9 nitrogen and oxygen atoms in total. The molecule has 3 aromatic heterocycles. The van der Waals surface area contributed by atoms with Crippen LogP contribution in [-0.4, -0.2) is 47.5 Å². The van der Waals surface area contributed by atoms with Crippen molar-refractivity contribution in [1.29, 1.82) is 0 Å². The fraction of sp³-hybridized carbons (Fsp3) is 0.429. The quantitative estimate of drug-likeness (QED) is 0.696. The number of hydrogen-bond donors (Lipinski definition) is 0. The average molecular weight is 313 g/mol. The third kappa shape index (κ3) is 2.16. The van der Waals surface area contributed by atoms with Gasteiger partial charge in [-0.2, -0.15) is 4.98 Å². The van der Waals surface area contributed by atoms with Gasteiger partial charge in [-0.25, -0.2) is 9.67 Å². The summed E-state index contributed by atoms with van der Waals surface area (Å²) >= 11 is 0. The van der Waals surface area contributed by atoms with Gasteiger partial charge in [0.2, 0.25) is 5.89 Å². The van der Waals surface area contributed by atoms with E-state index in [1.54, 1.807) is 35.8 Å². The number of aromatic nitrogens is 6. The van der Waals surface area contributed by atoms with E-state index in [9.17, 15) is 4.79 Å². The maximum absolute atomic E-state index is 13.0. The SMILES string of the molecule is Cc1noc(C2CCCN2C(=O)c2ccnc3c2nnn3C)n1. The van der Waals surface area contributed by atoms with E-state index in [1.165, 1.54) is 0 Å². The number of pyridine rings is 1. The van der Waals surface area contributed by atoms with Crippen LogP contribution in [0.3, 0.4) is 0 Å². The summed E-state index contributed by atoms with van der Waals surface area (Å²) in [5, 5.41) is 11.8. The van der Waals surface area contributed by atoms with Crippen molar-refractivity contribution in [3.63, 3.8) is 0 Å². The Labute approximate surface area is 131 Å². The zero-order valence-corrected chi connectivity index (χ0v) is 12.8. The van der Waals surface area contributed by atoms with Crippen LogP contribution >= 0.6 is 0 Å². The largest absolute Gasteiger partial charge is 0.337 e. The van der Waals surface area contributed by atoms with E-state index in [4.69, 9.17) is 4.52 Å². The van der Waals surface area contributed by atoms with Crippen LogP contribution in [0.1, 0.15) is 41.0 Å². The Morgan fingerprint density at radius 1 is 1.43 bits per heavy atom. The van der Waals surface area contributed by atoms with Gasteiger partial charge in [0, 0.05) is 19.8 Å². The zero-order chi connectivity index (χ0) is 16.0. The first-order chi connectivity index (χ1) is 11.1. The van der Waals surface area contributed by atoms with Crippen LogP contribution in [-0.2, 0) is 7.05 Å². The monoisotopic (exact) mass is 313 g/mol. The summed E-state index contributed by atoms with van der Waals surface area (Å²) in [5.74, 6) is 0.938. The van der Waals surface area contributed by atoms with Gasteiger partial charge in [-0.1, -0.05) is 10.4 Å². The van der Waals surface area contributed by atoms with E-state index in [0.29, 0.717) is 35.0 Å². The molecular weight excluding hydrogens is 298 g/mol. The molecule has 4 rings (SSSR count). The zero-order valence-electron chi connectivity index (χ0n) is 12.8. The second-order valence-corrected chi connectivity index (χ2v) is 5.58. The molecule has 0 aromatic carbocycles. The highest BCUT2D eigenvalue weighted by molar-refractivity contribution is 6.04. The van der Waals surface area contributed by atoms with E-state index >= 15 is 0 Å². The molecule has 0 spiro atoms. The van der Waals surface area contributed by atoms with Gasteiger partial charge in [-0.05, 0) is 25.8 Å². The van der Waals surface area contributed by atoms with Crippen molar-refractivity contribution in [3.8, 4) is 0 Å². The molecule has 1 aliphatic rings. The molecule has 1 amide bonds. The first-order valence-electron chi connectivity index (χ1n) is 7.40. The van der Waals surface area contributed by atoms with Gasteiger partial charge in [-0.15, -0.1) is 5.10 Å². The first kappa shape index (κ1) is 13.8. The Bertz CT molecular complexity index is 884. The van der Waals surface area contributed by atoms with Crippen molar-refractivity contribution in [2.45, 2.75) is 25.8 Å². The summed E-state index contributed by atoms with van der Waals surface area (Å²) in [5.41, 5.74) is 1.58. The molecule has 0 radical (unpaired) electrons. The smallest absolute Gasteiger partial charge is 0.257 e. The second-order valence-electron chi connectivity index (χ2n) is 5.58. The van der Waals surface area contributed by atoms with Crippen LogP contribution < -0.4 is 0 Å². The maximum Gasteiger partial charge on any atom is 0.257 e. The number of likely N-dealkylation sites (tertiary alicyclic amines) is 1. The number of nitrogens with zero attached hydrogens (tertiary/aromatic N) is 7. The van der Waals surface area contributed by atoms with E-state index in [2.05, 4.69) is 25.4 Å². The van der Waals surface area contributed by atoms with Crippen LogP contribution in [0.15, 0.2) is 16.8 Å². The molecule has 0 saturated carbocycles. The van der Waals surface area contributed by atoms with Crippen LogP contribution in [0.5, 0.6) is 0 Å². The van der Waals surface area contributed by atoms with E-state index in [0.717, 1.165) is 12.8 Å². The molecule has 1 atom stereocenters. The summed E-state index contributed by atoms with van der Waals surface area (Å²) in [7, 11) is 1.75. The summed E-state index contributed by atoms with van der Waals surface area (Å²) in [4.78, 5) is 23.2. The highest BCUT2D eigenvalue weighted by Crippen LogP contribution is 2.32. The number of amides is 1. The van der Waals surface area contributed by atoms with Crippen molar-refractivity contribution in [1.82, 2.24) is 35.0 Å². The van der Waals surface area contributed by atoms with Crippen molar-refractivity contribution in [2.75, 3.05) is 6.54 Å². The van der Waals surface area contributed by atoms with Crippen molar-refractivity contribution >= 4 is 17.1 Å². The molecule has 1 unspecified atom stereocenters. The number of rotatable bonds is 2. The molecule has 1 fully saturated rings. The summed E-state index contributed by atoms with van der Waals surface area (Å²) in [6, 6.07) is 1.48. The van der Waals surface area contributed by atoms with Crippen molar-refractivity contribution < 1.29 is 9.32 Å². The van der Waals surface area contributed by atoms with Gasteiger partial charge in [0.25, 0.3) is 5.91 Å². The summed E-state index contributed by atoms with van der Waals surface area (Å²) in [6.07, 6.45) is 3.30. The number of carbonyl (C=O) groups excluding carboxylic acids is 1. The predicted molar refractivity (Wildman–Crippen MR) is 78.4 cm³/mol. The standard InChI is InChI=1S/C14H15N7O2/c1-8-16-13(23-18-8)10-4-3-7-21(10)14(22)9-5-6-15-12-11(9)17-19-20(12)2/h5-6,10H,3-4,7H2,1-2H3.